The Kier molecular flexibility index (Phi) is 7.85. The molecule has 0 aliphatic carbocycles. The lowest BCUT2D eigenvalue weighted by Crippen LogP contribution is -2.26. The summed E-state index contributed by atoms with van der Waals surface area (Å²) in [5.74, 6) is 0. The largest absolute Gasteiger partial charge is 0.396 e. The molecule has 0 bridgehead atoms. The van der Waals surface area contributed by atoms with Crippen molar-refractivity contribution >= 4 is 0 Å². The Labute approximate surface area is 58.1 Å². The summed E-state index contributed by atoms with van der Waals surface area (Å²) < 4.78 is 0. The highest BCUT2D eigenvalue weighted by atomic mass is 16.2. The minimum Gasteiger partial charge on any atom is -0.396 e. The SMILES string of the molecule is CC(C)(C)N.CCCO. The molecule has 0 heterocycles. The lowest BCUT2D eigenvalue weighted by molar-refractivity contribution is 0.295. The van der Waals surface area contributed by atoms with E-state index in [1.165, 1.54) is 0 Å². The smallest absolute Gasteiger partial charge is 0.0428 e. The van der Waals surface area contributed by atoms with Crippen molar-refractivity contribution in [3.05, 3.63) is 0 Å². The van der Waals surface area contributed by atoms with Gasteiger partial charge in [-0.3, -0.25) is 0 Å². The fraction of sp³-hybridized carbons (Fsp3) is 1.00. The third kappa shape index (κ3) is 328. The van der Waals surface area contributed by atoms with Crippen molar-refractivity contribution in [2.45, 2.75) is 39.7 Å². The second-order valence-corrected chi connectivity index (χ2v) is 3.09. The minimum absolute atomic E-state index is 0. The highest BCUT2D eigenvalue weighted by Crippen LogP contribution is 1.88. The Hall–Kier alpha value is -0.0800. The molecule has 0 fully saturated rings. The maximum Gasteiger partial charge on any atom is 0.0428 e. The number of hydrogen-bond donors (Lipinski definition) is 2. The first kappa shape index (κ1) is 11.7. The summed E-state index contributed by atoms with van der Waals surface area (Å²) in [5.41, 5.74) is 5.35. The van der Waals surface area contributed by atoms with Crippen LogP contribution in [0.2, 0.25) is 0 Å². The second-order valence-electron chi connectivity index (χ2n) is 3.09. The van der Waals surface area contributed by atoms with E-state index >= 15 is 0 Å². The number of aliphatic hydroxyl groups is 1. The van der Waals surface area contributed by atoms with E-state index < -0.39 is 0 Å². The number of aliphatic hydroxyl groups excluding tert-OH is 1. The van der Waals surface area contributed by atoms with E-state index in [1.807, 2.05) is 27.7 Å². The molecule has 9 heavy (non-hydrogen) atoms. The van der Waals surface area contributed by atoms with E-state index in [9.17, 15) is 0 Å². The molecule has 0 aromatic rings. The summed E-state index contributed by atoms with van der Waals surface area (Å²) in [4.78, 5) is 0. The molecule has 0 amide bonds. The lowest BCUT2D eigenvalue weighted by Gasteiger charge is -2.06. The van der Waals surface area contributed by atoms with Crippen molar-refractivity contribution < 1.29 is 5.11 Å². The molecule has 3 N–H and O–H groups in total. The number of nitrogens with two attached hydrogens (primary N) is 1. The van der Waals surface area contributed by atoms with Gasteiger partial charge in [0.15, 0.2) is 0 Å². The molecule has 0 saturated carbocycles. The predicted octanol–water partition coefficient (Wildman–Crippen LogP) is 1.13. The van der Waals surface area contributed by atoms with Crippen LogP contribution >= 0.6 is 0 Å². The summed E-state index contributed by atoms with van der Waals surface area (Å²) in [6, 6.07) is 0. The average Bonchev–Trinajstić information content (AvgIpc) is 1.61. The van der Waals surface area contributed by atoms with Crippen LogP contribution in [0.5, 0.6) is 0 Å². The first-order valence-corrected chi connectivity index (χ1v) is 3.31. The first-order chi connectivity index (χ1) is 3.91. The van der Waals surface area contributed by atoms with Crippen LogP contribution in [0.4, 0.5) is 0 Å². The van der Waals surface area contributed by atoms with Gasteiger partial charge in [-0.2, -0.15) is 0 Å². The van der Waals surface area contributed by atoms with Crippen LogP contribution in [0, 0.1) is 0 Å². The lowest BCUT2D eigenvalue weighted by atomic mass is 10.1. The van der Waals surface area contributed by atoms with Crippen molar-refractivity contribution in [3.63, 3.8) is 0 Å². The molecule has 2 heteroatoms. The normalized spacial score (nSPS) is 10.0. The highest BCUT2D eigenvalue weighted by molar-refractivity contribution is 4.60. The molecule has 0 atom stereocenters. The topological polar surface area (TPSA) is 46.2 Å². The van der Waals surface area contributed by atoms with Gasteiger partial charge >= 0.3 is 0 Å². The number of rotatable bonds is 1. The van der Waals surface area contributed by atoms with Gasteiger partial charge in [-0.05, 0) is 27.2 Å². The van der Waals surface area contributed by atoms with E-state index in [0.29, 0.717) is 6.61 Å². The Morgan fingerprint density at radius 3 is 1.44 bits per heavy atom. The van der Waals surface area contributed by atoms with E-state index in [-0.39, 0.29) is 5.54 Å². The molecule has 2 nitrogen and oxygen atoms in total. The van der Waals surface area contributed by atoms with Crippen molar-refractivity contribution in [1.82, 2.24) is 0 Å². The van der Waals surface area contributed by atoms with Gasteiger partial charge in [0.25, 0.3) is 0 Å². The molecule has 0 aromatic carbocycles. The summed E-state index contributed by atoms with van der Waals surface area (Å²) >= 11 is 0. The first-order valence-electron chi connectivity index (χ1n) is 3.31. The van der Waals surface area contributed by atoms with Crippen LogP contribution in [0.15, 0.2) is 0 Å². The zero-order valence-corrected chi connectivity index (χ0v) is 6.94. The molecule has 0 spiro atoms. The molecule has 0 unspecified atom stereocenters. The van der Waals surface area contributed by atoms with Gasteiger partial charge in [0.1, 0.15) is 0 Å². The standard InChI is InChI=1S/C4H11N.C3H8O/c1-4(2,3)5;1-2-3-4/h5H2,1-3H3;4H,2-3H2,1H3. The molecule has 0 aliphatic rings. The van der Waals surface area contributed by atoms with Gasteiger partial charge in [0.2, 0.25) is 0 Å². The maximum atomic E-state index is 7.88. The van der Waals surface area contributed by atoms with Gasteiger partial charge in [-0.25, -0.2) is 0 Å². The van der Waals surface area contributed by atoms with E-state index in [0.717, 1.165) is 6.42 Å². The summed E-state index contributed by atoms with van der Waals surface area (Å²) in [6.07, 6.45) is 0.875. The average molecular weight is 133 g/mol. The van der Waals surface area contributed by atoms with Crippen LogP contribution in [0.3, 0.4) is 0 Å². The Bertz CT molecular complexity index is 39.4. The second kappa shape index (κ2) is 6.05. The highest BCUT2D eigenvalue weighted by Gasteiger charge is 1.95. The van der Waals surface area contributed by atoms with Crippen LogP contribution in [0.1, 0.15) is 34.1 Å². The summed E-state index contributed by atoms with van der Waals surface area (Å²) in [5, 5.41) is 7.88. The zero-order chi connectivity index (χ0) is 7.91. The Morgan fingerprint density at radius 1 is 1.33 bits per heavy atom. The van der Waals surface area contributed by atoms with Crippen LogP contribution in [-0.2, 0) is 0 Å². The minimum atomic E-state index is 0. The van der Waals surface area contributed by atoms with Crippen molar-refractivity contribution in [3.8, 4) is 0 Å². The van der Waals surface area contributed by atoms with Gasteiger partial charge in [0, 0.05) is 12.1 Å². The van der Waals surface area contributed by atoms with Crippen LogP contribution < -0.4 is 5.73 Å². The predicted molar refractivity (Wildman–Crippen MR) is 41.3 cm³/mol. The van der Waals surface area contributed by atoms with Gasteiger partial charge in [-0.15, -0.1) is 0 Å². The van der Waals surface area contributed by atoms with Crippen molar-refractivity contribution in [2.24, 2.45) is 5.73 Å². The fourth-order valence-corrected chi connectivity index (χ4v) is 0. The van der Waals surface area contributed by atoms with Gasteiger partial charge in [0.05, 0.1) is 0 Å². The van der Waals surface area contributed by atoms with Crippen molar-refractivity contribution in [1.29, 1.82) is 0 Å². The molecule has 58 valence electrons. The third-order valence-corrected chi connectivity index (χ3v) is 0.224. The molecule has 0 radical (unpaired) electrons. The van der Waals surface area contributed by atoms with E-state index in [4.69, 9.17) is 10.8 Å². The fourth-order valence-electron chi connectivity index (χ4n) is 0. The summed E-state index contributed by atoms with van der Waals surface area (Å²) in [7, 11) is 0. The Balaban J connectivity index is 0. The van der Waals surface area contributed by atoms with Gasteiger partial charge < -0.3 is 10.8 Å². The monoisotopic (exact) mass is 133 g/mol. The van der Waals surface area contributed by atoms with Crippen LogP contribution in [0.25, 0.3) is 0 Å². The molecular formula is C7H19NO. The molecular weight excluding hydrogens is 114 g/mol. The maximum absolute atomic E-state index is 7.88. The van der Waals surface area contributed by atoms with E-state index in [2.05, 4.69) is 0 Å². The third-order valence-electron chi connectivity index (χ3n) is 0.224. The Morgan fingerprint density at radius 2 is 1.44 bits per heavy atom. The summed E-state index contributed by atoms with van der Waals surface area (Å²) in [6.45, 7) is 8.15. The van der Waals surface area contributed by atoms with Crippen molar-refractivity contribution in [2.75, 3.05) is 6.61 Å². The molecule has 0 aliphatic heterocycles. The molecule has 0 aromatic heterocycles. The molecule has 0 saturated heterocycles. The quantitative estimate of drug-likeness (QED) is 0.563. The van der Waals surface area contributed by atoms with Gasteiger partial charge in [-0.1, -0.05) is 6.92 Å². The molecule has 0 rings (SSSR count). The van der Waals surface area contributed by atoms with E-state index in [1.54, 1.807) is 0 Å². The zero-order valence-electron chi connectivity index (χ0n) is 6.94. The number of hydrogen-bond acceptors (Lipinski definition) is 2. The van der Waals surface area contributed by atoms with Crippen LogP contribution in [-0.4, -0.2) is 17.3 Å².